The number of carbonyl (C=O) groups is 1. The monoisotopic (exact) mass is 232 g/mol. The molecule has 3 N–H and O–H groups in total. The number of anilines is 1. The average molecular weight is 232 g/mol. The summed E-state index contributed by atoms with van der Waals surface area (Å²) >= 11 is 0. The minimum absolute atomic E-state index is 0.0341. The van der Waals surface area contributed by atoms with Gasteiger partial charge in [0.15, 0.2) is 0 Å². The number of hydrogen-bond acceptors (Lipinski definition) is 4. The highest BCUT2D eigenvalue weighted by atomic mass is 16.4. The van der Waals surface area contributed by atoms with E-state index >= 15 is 0 Å². The average Bonchev–Trinajstić information content (AvgIpc) is 2.68. The van der Waals surface area contributed by atoms with Crippen LogP contribution in [-0.4, -0.2) is 16.1 Å². The van der Waals surface area contributed by atoms with Crippen molar-refractivity contribution in [2.45, 2.75) is 13.8 Å². The Kier molecular flexibility index (Phi) is 2.59. The van der Waals surface area contributed by atoms with Gasteiger partial charge in [-0.3, -0.25) is 0 Å². The molecule has 2 rings (SSSR count). The van der Waals surface area contributed by atoms with E-state index in [0.29, 0.717) is 11.3 Å². The fraction of sp³-hybridized carbons (Fsp3) is 0.167. The van der Waals surface area contributed by atoms with E-state index in [1.54, 1.807) is 26.0 Å². The van der Waals surface area contributed by atoms with Crippen molar-refractivity contribution in [1.29, 1.82) is 0 Å². The Hall–Kier alpha value is -2.30. The predicted octanol–water partition coefficient (Wildman–Crippen LogP) is 2.24. The maximum Gasteiger partial charge on any atom is 0.338 e. The lowest BCUT2D eigenvalue weighted by molar-refractivity contribution is 0.0698. The molecule has 0 fully saturated rings. The number of carboxylic acid groups (broad SMARTS) is 1. The number of nitrogens with zero attached hydrogens (tertiary/aromatic N) is 1. The second kappa shape index (κ2) is 3.93. The molecule has 1 heterocycles. The number of hydrogen-bond donors (Lipinski definition) is 2. The molecule has 88 valence electrons. The third kappa shape index (κ3) is 1.87. The number of aryl methyl sites for hydroxylation is 2. The van der Waals surface area contributed by atoms with E-state index < -0.39 is 5.97 Å². The van der Waals surface area contributed by atoms with Crippen molar-refractivity contribution >= 4 is 11.7 Å². The van der Waals surface area contributed by atoms with Crippen LogP contribution in [0.25, 0.3) is 11.5 Å². The standard InChI is InChI=1S/C12H12N2O3/c1-6-3-4-8(9(10(6)13)12(15)16)11-14-7(2)5-17-11/h3-5H,13H2,1-2H3,(H,15,16). The zero-order valence-corrected chi connectivity index (χ0v) is 9.52. The Morgan fingerprint density at radius 3 is 2.65 bits per heavy atom. The third-order valence-electron chi connectivity index (χ3n) is 2.53. The summed E-state index contributed by atoms with van der Waals surface area (Å²) < 4.78 is 5.21. The van der Waals surface area contributed by atoms with Gasteiger partial charge in [0.05, 0.1) is 16.8 Å². The summed E-state index contributed by atoms with van der Waals surface area (Å²) in [6, 6.07) is 3.40. The highest BCUT2D eigenvalue weighted by Gasteiger charge is 2.19. The molecule has 0 atom stereocenters. The molecule has 1 aromatic carbocycles. The van der Waals surface area contributed by atoms with E-state index in [9.17, 15) is 9.90 Å². The lowest BCUT2D eigenvalue weighted by Gasteiger charge is -2.08. The molecule has 0 bridgehead atoms. The van der Waals surface area contributed by atoms with E-state index in [1.807, 2.05) is 0 Å². The molecule has 0 radical (unpaired) electrons. The van der Waals surface area contributed by atoms with Gasteiger partial charge in [0, 0.05) is 5.69 Å². The lowest BCUT2D eigenvalue weighted by Crippen LogP contribution is -2.06. The van der Waals surface area contributed by atoms with Crippen molar-refractivity contribution in [2.24, 2.45) is 0 Å². The lowest BCUT2D eigenvalue weighted by atomic mass is 10.0. The minimum atomic E-state index is -1.09. The van der Waals surface area contributed by atoms with Crippen LogP contribution < -0.4 is 5.73 Å². The molecule has 0 spiro atoms. The molecule has 17 heavy (non-hydrogen) atoms. The van der Waals surface area contributed by atoms with Crippen LogP contribution >= 0.6 is 0 Å². The van der Waals surface area contributed by atoms with Gasteiger partial charge >= 0.3 is 5.97 Å². The van der Waals surface area contributed by atoms with Gasteiger partial charge in [-0.1, -0.05) is 6.07 Å². The van der Waals surface area contributed by atoms with Crippen LogP contribution in [0.3, 0.4) is 0 Å². The van der Waals surface area contributed by atoms with Crippen LogP contribution in [0.2, 0.25) is 0 Å². The Bertz CT molecular complexity index is 587. The third-order valence-corrected chi connectivity index (χ3v) is 2.53. The number of carboxylic acids is 1. The summed E-state index contributed by atoms with van der Waals surface area (Å²) in [5.41, 5.74) is 7.86. The second-order valence-corrected chi connectivity index (χ2v) is 3.82. The van der Waals surface area contributed by atoms with Crippen molar-refractivity contribution in [1.82, 2.24) is 4.98 Å². The molecule has 0 unspecified atom stereocenters. The SMILES string of the molecule is Cc1coc(-c2ccc(C)c(N)c2C(=O)O)n1. The van der Waals surface area contributed by atoms with Crippen LogP contribution in [0, 0.1) is 13.8 Å². The first kappa shape index (κ1) is 11.2. The maximum atomic E-state index is 11.2. The Labute approximate surface area is 97.9 Å². The number of nitrogens with two attached hydrogens (primary N) is 1. The van der Waals surface area contributed by atoms with E-state index in [2.05, 4.69) is 4.98 Å². The number of aromatic carboxylic acids is 1. The molecule has 0 aliphatic rings. The molecule has 5 nitrogen and oxygen atoms in total. The van der Waals surface area contributed by atoms with Gasteiger partial charge in [0.25, 0.3) is 0 Å². The zero-order valence-electron chi connectivity index (χ0n) is 9.52. The highest BCUT2D eigenvalue weighted by molar-refractivity contribution is 6.01. The summed E-state index contributed by atoms with van der Waals surface area (Å²) in [4.78, 5) is 15.3. The first-order valence-electron chi connectivity index (χ1n) is 5.05. The van der Waals surface area contributed by atoms with Crippen LogP contribution in [-0.2, 0) is 0 Å². The number of oxazole rings is 1. The van der Waals surface area contributed by atoms with Crippen molar-refractivity contribution in [3.05, 3.63) is 35.2 Å². The molecular weight excluding hydrogens is 220 g/mol. The minimum Gasteiger partial charge on any atom is -0.478 e. The van der Waals surface area contributed by atoms with Gasteiger partial charge < -0.3 is 15.3 Å². The molecule has 5 heteroatoms. The Balaban J connectivity index is 2.70. The van der Waals surface area contributed by atoms with E-state index in [-0.39, 0.29) is 17.1 Å². The Morgan fingerprint density at radius 2 is 2.12 bits per heavy atom. The molecule has 0 amide bonds. The number of nitrogen functional groups attached to an aromatic ring is 1. The molecule has 1 aromatic heterocycles. The van der Waals surface area contributed by atoms with Gasteiger partial charge in [-0.2, -0.15) is 0 Å². The maximum absolute atomic E-state index is 11.2. The highest BCUT2D eigenvalue weighted by Crippen LogP contribution is 2.29. The van der Waals surface area contributed by atoms with Gasteiger partial charge in [0.2, 0.25) is 5.89 Å². The molecular formula is C12H12N2O3. The van der Waals surface area contributed by atoms with Crippen LogP contribution in [0.5, 0.6) is 0 Å². The Morgan fingerprint density at radius 1 is 1.41 bits per heavy atom. The molecule has 0 saturated heterocycles. The summed E-state index contributed by atoms with van der Waals surface area (Å²) in [5.74, 6) is -0.816. The zero-order chi connectivity index (χ0) is 12.6. The molecule has 0 aliphatic carbocycles. The molecule has 0 aliphatic heterocycles. The largest absolute Gasteiger partial charge is 0.478 e. The normalized spacial score (nSPS) is 10.5. The van der Waals surface area contributed by atoms with E-state index in [1.165, 1.54) is 6.26 Å². The van der Waals surface area contributed by atoms with Gasteiger partial charge in [0.1, 0.15) is 6.26 Å². The first-order valence-corrected chi connectivity index (χ1v) is 5.05. The van der Waals surface area contributed by atoms with Crippen molar-refractivity contribution in [3.8, 4) is 11.5 Å². The summed E-state index contributed by atoms with van der Waals surface area (Å²) in [5, 5.41) is 9.19. The van der Waals surface area contributed by atoms with E-state index in [4.69, 9.17) is 10.2 Å². The van der Waals surface area contributed by atoms with Gasteiger partial charge in [-0.15, -0.1) is 0 Å². The number of benzene rings is 1. The van der Waals surface area contributed by atoms with Crippen molar-refractivity contribution < 1.29 is 14.3 Å². The predicted molar refractivity (Wildman–Crippen MR) is 62.8 cm³/mol. The van der Waals surface area contributed by atoms with Crippen LogP contribution in [0.15, 0.2) is 22.8 Å². The van der Waals surface area contributed by atoms with Crippen molar-refractivity contribution in [3.63, 3.8) is 0 Å². The summed E-state index contributed by atoms with van der Waals surface area (Å²) in [6.45, 7) is 3.53. The first-order chi connectivity index (χ1) is 8.00. The molecule has 2 aromatic rings. The summed E-state index contributed by atoms with van der Waals surface area (Å²) in [7, 11) is 0. The van der Waals surface area contributed by atoms with Crippen LogP contribution in [0.4, 0.5) is 5.69 Å². The summed E-state index contributed by atoms with van der Waals surface area (Å²) in [6.07, 6.45) is 1.47. The molecule has 0 saturated carbocycles. The fourth-order valence-electron chi connectivity index (χ4n) is 1.61. The van der Waals surface area contributed by atoms with E-state index in [0.717, 1.165) is 5.56 Å². The van der Waals surface area contributed by atoms with Crippen LogP contribution in [0.1, 0.15) is 21.6 Å². The van der Waals surface area contributed by atoms with Gasteiger partial charge in [-0.05, 0) is 25.5 Å². The number of rotatable bonds is 2. The smallest absolute Gasteiger partial charge is 0.338 e. The topological polar surface area (TPSA) is 89.3 Å². The second-order valence-electron chi connectivity index (χ2n) is 3.82. The van der Waals surface area contributed by atoms with Crippen molar-refractivity contribution in [2.75, 3.05) is 5.73 Å². The number of aromatic nitrogens is 1. The van der Waals surface area contributed by atoms with Gasteiger partial charge in [-0.25, -0.2) is 9.78 Å². The quantitative estimate of drug-likeness (QED) is 0.775. The fourth-order valence-corrected chi connectivity index (χ4v) is 1.61.